The Labute approximate surface area is 66.9 Å². The molecule has 0 radical (unpaired) electrons. The molecule has 60 valence electrons. The highest BCUT2D eigenvalue weighted by atomic mass is 32.1. The first kappa shape index (κ1) is 16.2. The molecule has 0 atom stereocenters. The maximum absolute atomic E-state index is 4.08. The van der Waals surface area contributed by atoms with Gasteiger partial charge in [-0.15, -0.1) is 12.6 Å². The van der Waals surface area contributed by atoms with E-state index in [4.69, 9.17) is 0 Å². The number of hydrogen-bond acceptors (Lipinski definition) is 1. The van der Waals surface area contributed by atoms with Crippen LogP contribution in [0.2, 0.25) is 0 Å². The number of rotatable bonds is 0. The van der Waals surface area contributed by atoms with Crippen molar-refractivity contribution in [3.63, 3.8) is 0 Å². The van der Waals surface area contributed by atoms with Gasteiger partial charge in [0.05, 0.1) is 0 Å². The van der Waals surface area contributed by atoms with E-state index in [1.807, 2.05) is 30.3 Å². The lowest BCUT2D eigenvalue weighted by molar-refractivity contribution is 0.823. The highest BCUT2D eigenvalue weighted by Crippen LogP contribution is 2.00. The van der Waals surface area contributed by atoms with Gasteiger partial charge in [0.1, 0.15) is 0 Å². The summed E-state index contributed by atoms with van der Waals surface area (Å²) in [6.45, 7) is 0. The summed E-state index contributed by atoms with van der Waals surface area (Å²) in [5.74, 6) is 0. The maximum Gasteiger partial charge on any atom is 0.00399 e. The predicted octanol–water partition coefficient (Wildman–Crippen LogP) is 0.962. The van der Waals surface area contributed by atoms with Crippen LogP contribution in [-0.2, 0) is 0 Å². The fourth-order valence-electron chi connectivity index (χ4n) is 0.428. The Morgan fingerprint density at radius 3 is 1.50 bits per heavy atom. The molecular formula is C7H14O2S. The van der Waals surface area contributed by atoms with Crippen LogP contribution in [0.15, 0.2) is 35.2 Å². The molecule has 0 spiro atoms. The molecule has 2 nitrogen and oxygen atoms in total. The van der Waals surface area contributed by atoms with Gasteiger partial charge >= 0.3 is 0 Å². The molecule has 0 saturated carbocycles. The summed E-state index contributed by atoms with van der Waals surface area (Å²) in [5.41, 5.74) is 0. The van der Waals surface area contributed by atoms with Crippen LogP contribution in [0.1, 0.15) is 7.43 Å². The fourth-order valence-corrected chi connectivity index (χ4v) is 0.600. The standard InChI is InChI=1S/C6H6S.CH4.2H2O/c7-6-4-2-1-3-5-6;;;/h1-5,7H;1H4;2*1H2. The highest BCUT2D eigenvalue weighted by molar-refractivity contribution is 7.80. The molecule has 0 aliphatic heterocycles. The van der Waals surface area contributed by atoms with Crippen LogP contribution < -0.4 is 0 Å². The van der Waals surface area contributed by atoms with Crippen LogP contribution in [0, 0.1) is 0 Å². The van der Waals surface area contributed by atoms with Gasteiger partial charge in [-0.05, 0) is 12.1 Å². The van der Waals surface area contributed by atoms with E-state index in [-0.39, 0.29) is 18.4 Å². The Morgan fingerprint density at radius 2 is 1.30 bits per heavy atom. The Hall–Kier alpha value is -0.510. The SMILES string of the molecule is C.O.O.Sc1ccccc1. The summed E-state index contributed by atoms with van der Waals surface area (Å²) < 4.78 is 0. The zero-order chi connectivity index (χ0) is 5.11. The second kappa shape index (κ2) is 8.49. The maximum atomic E-state index is 4.08. The lowest BCUT2D eigenvalue weighted by atomic mass is 10.4. The molecule has 0 bridgehead atoms. The zero-order valence-corrected chi connectivity index (χ0v) is 5.73. The van der Waals surface area contributed by atoms with Crippen LogP contribution in [0.25, 0.3) is 0 Å². The molecule has 0 aliphatic carbocycles. The van der Waals surface area contributed by atoms with Gasteiger partial charge in [-0.3, -0.25) is 0 Å². The van der Waals surface area contributed by atoms with Crippen molar-refractivity contribution in [1.29, 1.82) is 0 Å². The van der Waals surface area contributed by atoms with Crippen molar-refractivity contribution < 1.29 is 11.0 Å². The predicted molar refractivity (Wildman–Crippen MR) is 47.7 cm³/mol. The highest BCUT2D eigenvalue weighted by Gasteiger charge is 1.73. The Balaban J connectivity index is -0.000000163. The van der Waals surface area contributed by atoms with Crippen molar-refractivity contribution in [3.8, 4) is 0 Å². The van der Waals surface area contributed by atoms with Gasteiger partial charge in [0.2, 0.25) is 0 Å². The van der Waals surface area contributed by atoms with Gasteiger partial charge in [0.15, 0.2) is 0 Å². The second-order valence-corrected chi connectivity index (χ2v) is 1.85. The van der Waals surface area contributed by atoms with Crippen molar-refractivity contribution in [3.05, 3.63) is 30.3 Å². The minimum Gasteiger partial charge on any atom is -0.412 e. The van der Waals surface area contributed by atoms with E-state index >= 15 is 0 Å². The van der Waals surface area contributed by atoms with Crippen LogP contribution >= 0.6 is 12.6 Å². The molecule has 0 saturated heterocycles. The monoisotopic (exact) mass is 162 g/mol. The summed E-state index contributed by atoms with van der Waals surface area (Å²) in [4.78, 5) is 1.02. The summed E-state index contributed by atoms with van der Waals surface area (Å²) in [6.07, 6.45) is 0. The van der Waals surface area contributed by atoms with E-state index in [1.54, 1.807) is 0 Å². The smallest absolute Gasteiger partial charge is 0.00399 e. The first-order valence-corrected chi connectivity index (χ1v) is 2.58. The van der Waals surface area contributed by atoms with Crippen molar-refractivity contribution in [2.45, 2.75) is 12.3 Å². The van der Waals surface area contributed by atoms with Gasteiger partial charge in [-0.1, -0.05) is 25.6 Å². The molecule has 0 aliphatic rings. The van der Waals surface area contributed by atoms with Gasteiger partial charge < -0.3 is 11.0 Å². The lowest BCUT2D eigenvalue weighted by Gasteiger charge is -1.81. The molecule has 1 aromatic carbocycles. The van der Waals surface area contributed by atoms with Gasteiger partial charge in [0.25, 0.3) is 0 Å². The molecule has 0 heterocycles. The molecule has 4 N–H and O–H groups in total. The topological polar surface area (TPSA) is 63.0 Å². The molecule has 0 aromatic heterocycles. The Morgan fingerprint density at radius 1 is 0.900 bits per heavy atom. The van der Waals surface area contributed by atoms with Crippen molar-refractivity contribution in [2.24, 2.45) is 0 Å². The molecule has 10 heavy (non-hydrogen) atoms. The minimum absolute atomic E-state index is 0. The van der Waals surface area contributed by atoms with Crippen molar-refractivity contribution in [1.82, 2.24) is 0 Å². The molecule has 0 amide bonds. The normalized spacial score (nSPS) is 6.10. The van der Waals surface area contributed by atoms with Crippen LogP contribution in [0.3, 0.4) is 0 Å². The summed E-state index contributed by atoms with van der Waals surface area (Å²) >= 11 is 4.08. The van der Waals surface area contributed by atoms with E-state index in [1.165, 1.54) is 0 Å². The lowest BCUT2D eigenvalue weighted by Crippen LogP contribution is -1.56. The van der Waals surface area contributed by atoms with E-state index in [9.17, 15) is 0 Å². The van der Waals surface area contributed by atoms with Gasteiger partial charge in [-0.25, -0.2) is 0 Å². The molecule has 1 aromatic rings. The number of hydrogen-bond donors (Lipinski definition) is 1. The second-order valence-electron chi connectivity index (χ2n) is 1.34. The Kier molecular flexibility index (Phi) is 13.8. The first-order valence-electron chi connectivity index (χ1n) is 2.13. The molecule has 1 rings (SSSR count). The average Bonchev–Trinajstić information content (AvgIpc) is 1.69. The molecule has 0 fully saturated rings. The fraction of sp³-hybridized carbons (Fsp3) is 0.143. The quantitative estimate of drug-likeness (QED) is 0.552. The number of thiol groups is 1. The van der Waals surface area contributed by atoms with Crippen molar-refractivity contribution >= 4 is 12.6 Å². The molecule has 0 unspecified atom stereocenters. The van der Waals surface area contributed by atoms with E-state index < -0.39 is 0 Å². The van der Waals surface area contributed by atoms with Gasteiger partial charge in [-0.2, -0.15) is 0 Å². The molecule has 3 heteroatoms. The third kappa shape index (κ3) is 5.62. The van der Waals surface area contributed by atoms with Gasteiger partial charge in [0, 0.05) is 4.90 Å². The Bertz CT molecular complexity index is 142. The summed E-state index contributed by atoms with van der Waals surface area (Å²) in [5, 5.41) is 0. The zero-order valence-electron chi connectivity index (χ0n) is 4.83. The minimum atomic E-state index is 0. The van der Waals surface area contributed by atoms with E-state index in [2.05, 4.69) is 12.6 Å². The number of benzene rings is 1. The third-order valence-electron chi connectivity index (χ3n) is 0.756. The van der Waals surface area contributed by atoms with Crippen molar-refractivity contribution in [2.75, 3.05) is 0 Å². The van der Waals surface area contributed by atoms with Crippen LogP contribution in [0.4, 0.5) is 0 Å². The van der Waals surface area contributed by atoms with E-state index in [0.717, 1.165) is 4.90 Å². The largest absolute Gasteiger partial charge is 0.412 e. The average molecular weight is 162 g/mol. The summed E-state index contributed by atoms with van der Waals surface area (Å²) in [7, 11) is 0. The van der Waals surface area contributed by atoms with Crippen LogP contribution in [-0.4, -0.2) is 11.0 Å². The third-order valence-corrected chi connectivity index (χ3v) is 1.05. The molecular weight excluding hydrogens is 148 g/mol. The first-order chi connectivity index (χ1) is 3.39. The van der Waals surface area contributed by atoms with E-state index in [0.29, 0.717) is 0 Å². The summed E-state index contributed by atoms with van der Waals surface area (Å²) in [6, 6.07) is 9.79. The van der Waals surface area contributed by atoms with Crippen LogP contribution in [0.5, 0.6) is 0 Å².